The molecule has 0 bridgehead atoms. The fourth-order valence-corrected chi connectivity index (χ4v) is 2.47. The molecule has 0 fully saturated rings. The van der Waals surface area contributed by atoms with Gasteiger partial charge in [0, 0.05) is 29.0 Å². The first-order valence-electron chi connectivity index (χ1n) is 6.37. The van der Waals surface area contributed by atoms with Gasteiger partial charge in [0.15, 0.2) is 5.65 Å². The van der Waals surface area contributed by atoms with Gasteiger partial charge >= 0.3 is 0 Å². The number of nitrogens with zero attached hydrogens (tertiary/aromatic N) is 3. The number of nitrogens with one attached hydrogen (secondary N) is 1. The molecule has 0 unspecified atom stereocenters. The standard InChI is InChI=1S/C13H16BrClN4O/c1-8(2)17-12(20)7-19-11(3-4-15)18-10-5-9(14)6-16-13(10)19/h5-6,8H,3-4,7H2,1-2H3,(H,17,20). The Balaban J connectivity index is 2.38. The minimum Gasteiger partial charge on any atom is -0.352 e. The average molecular weight is 360 g/mol. The minimum atomic E-state index is -0.0557. The number of hydrogen-bond acceptors (Lipinski definition) is 3. The van der Waals surface area contributed by atoms with E-state index in [-0.39, 0.29) is 18.5 Å². The number of hydrogen-bond donors (Lipinski definition) is 1. The first kappa shape index (κ1) is 15.3. The molecule has 1 amide bonds. The van der Waals surface area contributed by atoms with Crippen LogP contribution >= 0.6 is 27.5 Å². The fourth-order valence-electron chi connectivity index (χ4n) is 1.99. The molecule has 0 saturated carbocycles. The van der Waals surface area contributed by atoms with Crippen LogP contribution in [0.3, 0.4) is 0 Å². The number of halogens is 2. The van der Waals surface area contributed by atoms with Crippen LogP contribution in [0, 0.1) is 0 Å². The molecule has 2 aromatic rings. The van der Waals surface area contributed by atoms with Gasteiger partial charge in [-0.15, -0.1) is 11.6 Å². The van der Waals surface area contributed by atoms with Crippen molar-refractivity contribution >= 4 is 44.6 Å². The molecule has 0 aliphatic heterocycles. The molecule has 0 aliphatic rings. The Hall–Kier alpha value is -1.14. The number of alkyl halides is 1. The molecule has 1 N–H and O–H groups in total. The topological polar surface area (TPSA) is 59.8 Å². The van der Waals surface area contributed by atoms with Crippen LogP contribution in [0.25, 0.3) is 11.2 Å². The second kappa shape index (κ2) is 6.54. The zero-order valence-corrected chi connectivity index (χ0v) is 13.7. The monoisotopic (exact) mass is 358 g/mol. The lowest BCUT2D eigenvalue weighted by Gasteiger charge is -2.11. The lowest BCUT2D eigenvalue weighted by atomic mass is 10.3. The summed E-state index contributed by atoms with van der Waals surface area (Å²) < 4.78 is 2.68. The number of pyridine rings is 1. The van der Waals surface area contributed by atoms with Crippen molar-refractivity contribution in [3.8, 4) is 0 Å². The summed E-state index contributed by atoms with van der Waals surface area (Å²) in [4.78, 5) is 20.8. The molecule has 20 heavy (non-hydrogen) atoms. The molecule has 0 aliphatic carbocycles. The van der Waals surface area contributed by atoms with Gasteiger partial charge in [-0.1, -0.05) is 0 Å². The fraction of sp³-hybridized carbons (Fsp3) is 0.462. The highest BCUT2D eigenvalue weighted by atomic mass is 79.9. The molecular formula is C13H16BrClN4O. The Morgan fingerprint density at radius 1 is 1.55 bits per heavy atom. The highest BCUT2D eigenvalue weighted by Crippen LogP contribution is 2.19. The van der Waals surface area contributed by atoms with E-state index < -0.39 is 0 Å². The maximum absolute atomic E-state index is 12.0. The maximum Gasteiger partial charge on any atom is 0.240 e. The van der Waals surface area contributed by atoms with Crippen molar-refractivity contribution in [2.24, 2.45) is 0 Å². The van der Waals surface area contributed by atoms with E-state index >= 15 is 0 Å². The first-order chi connectivity index (χ1) is 9.51. The van der Waals surface area contributed by atoms with E-state index in [2.05, 4.69) is 31.2 Å². The van der Waals surface area contributed by atoms with Crippen molar-refractivity contribution in [2.75, 3.05) is 5.88 Å². The van der Waals surface area contributed by atoms with Gasteiger partial charge in [-0.25, -0.2) is 9.97 Å². The Kier molecular flexibility index (Phi) is 4.99. The summed E-state index contributed by atoms with van der Waals surface area (Å²) in [6.45, 7) is 4.06. The quantitative estimate of drug-likeness (QED) is 0.835. The zero-order valence-electron chi connectivity index (χ0n) is 11.4. The van der Waals surface area contributed by atoms with Crippen molar-refractivity contribution in [3.05, 3.63) is 22.6 Å². The molecule has 5 nitrogen and oxygen atoms in total. The van der Waals surface area contributed by atoms with Crippen LogP contribution in [0.2, 0.25) is 0 Å². The number of carbonyl (C=O) groups excluding carboxylic acids is 1. The molecule has 2 heterocycles. The normalized spacial score (nSPS) is 11.2. The highest BCUT2D eigenvalue weighted by molar-refractivity contribution is 9.10. The number of imidazole rings is 1. The van der Waals surface area contributed by atoms with E-state index in [1.54, 1.807) is 6.20 Å². The van der Waals surface area contributed by atoms with Crippen LogP contribution in [0.5, 0.6) is 0 Å². The van der Waals surface area contributed by atoms with Crippen LogP contribution < -0.4 is 5.32 Å². The van der Waals surface area contributed by atoms with Gasteiger partial charge in [-0.2, -0.15) is 0 Å². The van der Waals surface area contributed by atoms with Crippen molar-refractivity contribution in [3.63, 3.8) is 0 Å². The van der Waals surface area contributed by atoms with Crippen LogP contribution in [0.15, 0.2) is 16.7 Å². The van der Waals surface area contributed by atoms with E-state index in [1.807, 2.05) is 24.5 Å². The summed E-state index contributed by atoms with van der Waals surface area (Å²) >= 11 is 9.18. The molecule has 2 rings (SSSR count). The molecule has 0 aromatic carbocycles. The van der Waals surface area contributed by atoms with Crippen LogP contribution in [0.1, 0.15) is 19.7 Å². The highest BCUT2D eigenvalue weighted by Gasteiger charge is 2.15. The van der Waals surface area contributed by atoms with Crippen molar-refractivity contribution in [1.82, 2.24) is 19.9 Å². The van der Waals surface area contributed by atoms with Gasteiger partial charge in [-0.3, -0.25) is 4.79 Å². The number of amides is 1. The summed E-state index contributed by atoms with van der Waals surface area (Å²) in [6, 6.07) is 1.99. The predicted molar refractivity (Wildman–Crippen MR) is 82.9 cm³/mol. The molecule has 2 aromatic heterocycles. The van der Waals surface area contributed by atoms with Gasteiger partial charge in [0.25, 0.3) is 0 Å². The van der Waals surface area contributed by atoms with E-state index in [0.29, 0.717) is 17.9 Å². The van der Waals surface area contributed by atoms with E-state index in [1.165, 1.54) is 0 Å². The summed E-state index contributed by atoms with van der Waals surface area (Å²) in [5.74, 6) is 1.18. The summed E-state index contributed by atoms with van der Waals surface area (Å²) in [6.07, 6.45) is 2.30. The van der Waals surface area contributed by atoms with Gasteiger partial charge in [-0.05, 0) is 35.8 Å². The predicted octanol–water partition coefficient (Wildman–Crippen LogP) is 2.50. The number of fused-ring (bicyclic) bond motifs is 1. The Bertz CT molecular complexity index is 626. The van der Waals surface area contributed by atoms with Crippen LogP contribution in [0.4, 0.5) is 0 Å². The first-order valence-corrected chi connectivity index (χ1v) is 7.70. The SMILES string of the molecule is CC(C)NC(=O)Cn1c(CCCl)nc2cc(Br)cnc21. The molecule has 0 atom stereocenters. The van der Waals surface area contributed by atoms with Gasteiger partial charge in [0.2, 0.25) is 5.91 Å². The molecule has 0 radical (unpaired) electrons. The zero-order chi connectivity index (χ0) is 14.7. The Morgan fingerprint density at radius 3 is 2.95 bits per heavy atom. The van der Waals surface area contributed by atoms with Gasteiger partial charge in [0.1, 0.15) is 17.9 Å². The third-order valence-corrected chi connectivity index (χ3v) is 3.32. The van der Waals surface area contributed by atoms with Gasteiger partial charge in [0.05, 0.1) is 0 Å². The van der Waals surface area contributed by atoms with E-state index in [9.17, 15) is 4.79 Å². The van der Waals surface area contributed by atoms with Crippen molar-refractivity contribution in [2.45, 2.75) is 32.9 Å². The number of rotatable bonds is 5. The second-order valence-electron chi connectivity index (χ2n) is 4.77. The summed E-state index contributed by atoms with van der Waals surface area (Å²) in [7, 11) is 0. The lowest BCUT2D eigenvalue weighted by Crippen LogP contribution is -2.33. The second-order valence-corrected chi connectivity index (χ2v) is 6.07. The molecule has 0 saturated heterocycles. The summed E-state index contributed by atoms with van der Waals surface area (Å²) in [5, 5.41) is 2.87. The molecular weight excluding hydrogens is 344 g/mol. The van der Waals surface area contributed by atoms with E-state index in [4.69, 9.17) is 11.6 Å². The number of aryl methyl sites for hydroxylation is 1. The maximum atomic E-state index is 12.0. The van der Waals surface area contributed by atoms with E-state index in [0.717, 1.165) is 15.8 Å². The van der Waals surface area contributed by atoms with Gasteiger partial charge < -0.3 is 9.88 Å². The number of aromatic nitrogens is 3. The molecule has 0 spiro atoms. The molecule has 7 heteroatoms. The minimum absolute atomic E-state index is 0.0557. The lowest BCUT2D eigenvalue weighted by molar-refractivity contribution is -0.122. The largest absolute Gasteiger partial charge is 0.352 e. The molecule has 108 valence electrons. The smallest absolute Gasteiger partial charge is 0.240 e. The van der Waals surface area contributed by atoms with Crippen LogP contribution in [-0.2, 0) is 17.8 Å². The van der Waals surface area contributed by atoms with Crippen molar-refractivity contribution < 1.29 is 4.79 Å². The summed E-state index contributed by atoms with van der Waals surface area (Å²) in [5.41, 5.74) is 1.46. The van der Waals surface area contributed by atoms with Crippen molar-refractivity contribution in [1.29, 1.82) is 0 Å². The average Bonchev–Trinajstić information content (AvgIpc) is 2.66. The Labute approximate surface area is 130 Å². The van der Waals surface area contributed by atoms with Crippen LogP contribution in [-0.4, -0.2) is 32.4 Å². The Morgan fingerprint density at radius 2 is 2.30 bits per heavy atom. The number of carbonyl (C=O) groups is 1. The third kappa shape index (κ3) is 3.49. The third-order valence-electron chi connectivity index (χ3n) is 2.70.